The molecule has 2 aromatic heterocycles. The van der Waals surface area contributed by atoms with E-state index in [9.17, 15) is 4.79 Å². The molecule has 0 radical (unpaired) electrons. The summed E-state index contributed by atoms with van der Waals surface area (Å²) >= 11 is 7.55. The number of hydrogen-bond donors (Lipinski definition) is 0. The number of ether oxygens (including phenoxy) is 2. The van der Waals surface area contributed by atoms with Gasteiger partial charge in [-0.25, -0.2) is 4.98 Å². The van der Waals surface area contributed by atoms with Crippen LogP contribution in [-0.4, -0.2) is 27.8 Å². The third-order valence-corrected chi connectivity index (χ3v) is 6.26. The third kappa shape index (κ3) is 4.73. The molecule has 0 saturated carbocycles. The highest BCUT2D eigenvalue weighted by molar-refractivity contribution is 7.15. The van der Waals surface area contributed by atoms with Crippen molar-refractivity contribution in [2.75, 3.05) is 7.11 Å². The maximum absolute atomic E-state index is 12.5. The van der Waals surface area contributed by atoms with Crippen LogP contribution < -0.4 is 4.74 Å². The van der Waals surface area contributed by atoms with E-state index in [1.54, 1.807) is 23.9 Å². The van der Waals surface area contributed by atoms with Gasteiger partial charge in [0, 0.05) is 28.5 Å². The number of esters is 1. The number of nitrogens with zero attached hydrogens (tertiary/aromatic N) is 3. The molecule has 0 spiro atoms. The fraction of sp³-hybridized carbons (Fsp3) is 0.261. The molecule has 8 heteroatoms. The highest BCUT2D eigenvalue weighted by atomic mass is 35.5. The Bertz CT molecular complexity index is 1250. The summed E-state index contributed by atoms with van der Waals surface area (Å²) in [6, 6.07) is 11.3. The molecular formula is C23H22ClN3O3S. The maximum atomic E-state index is 12.5. The summed E-state index contributed by atoms with van der Waals surface area (Å²) < 4.78 is 12.7. The Morgan fingerprint density at radius 1 is 1.23 bits per heavy atom. The molecule has 0 fully saturated rings. The summed E-state index contributed by atoms with van der Waals surface area (Å²) in [5.41, 5.74) is 3.60. The van der Waals surface area contributed by atoms with Crippen molar-refractivity contribution >= 4 is 39.8 Å². The van der Waals surface area contributed by atoms with Crippen LogP contribution in [0.1, 0.15) is 23.1 Å². The van der Waals surface area contributed by atoms with E-state index >= 15 is 0 Å². The topological polar surface area (TPSA) is 66.2 Å². The van der Waals surface area contributed by atoms with Crippen molar-refractivity contribution in [3.8, 4) is 16.3 Å². The zero-order valence-electron chi connectivity index (χ0n) is 17.5. The van der Waals surface area contributed by atoms with Gasteiger partial charge >= 0.3 is 5.97 Å². The van der Waals surface area contributed by atoms with Crippen LogP contribution in [0.15, 0.2) is 42.6 Å². The Kier molecular flexibility index (Phi) is 6.25. The van der Waals surface area contributed by atoms with Gasteiger partial charge in [-0.05, 0) is 42.3 Å². The fourth-order valence-corrected chi connectivity index (χ4v) is 4.72. The third-order valence-electron chi connectivity index (χ3n) is 4.90. The summed E-state index contributed by atoms with van der Waals surface area (Å²) in [5, 5.41) is 6.78. The smallest absolute Gasteiger partial charge is 0.311 e. The Balaban J connectivity index is 1.47. The predicted octanol–water partition coefficient (Wildman–Crippen LogP) is 5.21. The van der Waals surface area contributed by atoms with Gasteiger partial charge in [0.05, 0.1) is 30.3 Å². The first-order valence-corrected chi connectivity index (χ1v) is 11.1. The summed E-state index contributed by atoms with van der Waals surface area (Å²) in [6.45, 7) is 2.25. The van der Waals surface area contributed by atoms with E-state index in [0.717, 1.165) is 44.0 Å². The second-order valence-corrected chi connectivity index (χ2v) is 8.64. The number of rotatable bonds is 7. The average Bonchev–Trinajstić information content (AvgIpc) is 3.33. The first-order valence-electron chi connectivity index (χ1n) is 9.87. The largest absolute Gasteiger partial charge is 0.496 e. The number of benzene rings is 2. The number of halogens is 1. The normalized spacial score (nSPS) is 11.1. The molecule has 0 bridgehead atoms. The number of carbonyl (C=O) groups excluding carboxylic acids is 1. The number of thiazole rings is 1. The van der Waals surface area contributed by atoms with E-state index < -0.39 is 0 Å². The van der Waals surface area contributed by atoms with Gasteiger partial charge in [0.25, 0.3) is 0 Å². The van der Waals surface area contributed by atoms with Crippen molar-refractivity contribution < 1.29 is 14.3 Å². The standard InChI is InChI=1S/C23H22ClN3O3S/c1-4-18-21(31-23(25-18)17-7-6-16(24)10-20(17)29-3)11-22(28)30-13-14-5-8-19-15(9-14)12-27(2)26-19/h5-10,12H,4,11,13H2,1-3H3. The lowest BCUT2D eigenvalue weighted by molar-refractivity contribution is -0.144. The number of aromatic nitrogens is 3. The van der Waals surface area contributed by atoms with Gasteiger partial charge in [-0.1, -0.05) is 24.6 Å². The summed E-state index contributed by atoms with van der Waals surface area (Å²) in [5.74, 6) is 0.378. The van der Waals surface area contributed by atoms with E-state index in [4.69, 9.17) is 26.1 Å². The van der Waals surface area contributed by atoms with Crippen molar-refractivity contribution in [1.82, 2.24) is 14.8 Å². The predicted molar refractivity (Wildman–Crippen MR) is 123 cm³/mol. The number of carbonyl (C=O) groups is 1. The highest BCUT2D eigenvalue weighted by Gasteiger charge is 2.18. The molecule has 0 saturated heterocycles. The van der Waals surface area contributed by atoms with Gasteiger partial charge in [0.2, 0.25) is 0 Å². The summed E-state index contributed by atoms with van der Waals surface area (Å²) in [6.07, 6.45) is 2.86. The van der Waals surface area contributed by atoms with Crippen molar-refractivity contribution in [3.63, 3.8) is 0 Å². The molecule has 0 atom stereocenters. The lowest BCUT2D eigenvalue weighted by Gasteiger charge is -2.06. The van der Waals surface area contributed by atoms with Crippen LogP contribution in [0.3, 0.4) is 0 Å². The minimum atomic E-state index is -0.278. The van der Waals surface area contributed by atoms with Crippen LogP contribution in [0.5, 0.6) is 5.75 Å². The summed E-state index contributed by atoms with van der Waals surface area (Å²) in [7, 11) is 3.48. The SMILES string of the molecule is CCc1nc(-c2ccc(Cl)cc2OC)sc1CC(=O)OCc1ccc2nn(C)cc2c1. The number of aryl methyl sites for hydroxylation is 2. The zero-order valence-corrected chi connectivity index (χ0v) is 19.1. The Labute approximate surface area is 189 Å². The summed E-state index contributed by atoms with van der Waals surface area (Å²) in [4.78, 5) is 18.2. The molecule has 6 nitrogen and oxygen atoms in total. The van der Waals surface area contributed by atoms with Crippen molar-refractivity contribution in [1.29, 1.82) is 0 Å². The lowest BCUT2D eigenvalue weighted by Crippen LogP contribution is -2.08. The second-order valence-electron chi connectivity index (χ2n) is 7.12. The number of fused-ring (bicyclic) bond motifs is 1. The number of methoxy groups -OCH3 is 1. The minimum Gasteiger partial charge on any atom is -0.496 e. The second kappa shape index (κ2) is 9.08. The lowest BCUT2D eigenvalue weighted by atomic mass is 10.2. The van der Waals surface area contributed by atoms with Gasteiger partial charge in [0.15, 0.2) is 0 Å². The van der Waals surface area contributed by atoms with Gasteiger partial charge in [-0.3, -0.25) is 9.48 Å². The molecule has 31 heavy (non-hydrogen) atoms. The Morgan fingerprint density at radius 2 is 2.06 bits per heavy atom. The van der Waals surface area contributed by atoms with Crippen LogP contribution in [0.25, 0.3) is 21.5 Å². The zero-order chi connectivity index (χ0) is 22.0. The molecule has 0 aliphatic heterocycles. The van der Waals surface area contributed by atoms with Crippen molar-refractivity contribution in [2.24, 2.45) is 7.05 Å². The monoisotopic (exact) mass is 455 g/mol. The van der Waals surface area contributed by atoms with E-state index in [1.807, 2.05) is 44.4 Å². The van der Waals surface area contributed by atoms with Crippen LogP contribution in [0.2, 0.25) is 5.02 Å². The van der Waals surface area contributed by atoms with Gasteiger partial charge in [0.1, 0.15) is 17.4 Å². The fourth-order valence-electron chi connectivity index (χ4n) is 3.39. The van der Waals surface area contributed by atoms with Crippen LogP contribution in [0, 0.1) is 0 Å². The van der Waals surface area contributed by atoms with E-state index in [1.165, 1.54) is 11.3 Å². The average molecular weight is 456 g/mol. The first kappa shape index (κ1) is 21.3. The quantitative estimate of drug-likeness (QED) is 0.358. The Hall–Kier alpha value is -2.90. The molecule has 2 heterocycles. The van der Waals surface area contributed by atoms with Crippen LogP contribution in [0.4, 0.5) is 0 Å². The van der Waals surface area contributed by atoms with Gasteiger partial charge < -0.3 is 9.47 Å². The minimum absolute atomic E-state index is 0.186. The Morgan fingerprint density at radius 3 is 2.84 bits per heavy atom. The first-order chi connectivity index (χ1) is 15.0. The van der Waals surface area contributed by atoms with Crippen LogP contribution >= 0.6 is 22.9 Å². The van der Waals surface area contributed by atoms with Crippen molar-refractivity contribution in [2.45, 2.75) is 26.4 Å². The molecule has 2 aromatic carbocycles. The molecule has 0 amide bonds. The van der Waals surface area contributed by atoms with Gasteiger partial charge in [-0.15, -0.1) is 11.3 Å². The maximum Gasteiger partial charge on any atom is 0.311 e. The van der Waals surface area contributed by atoms with E-state index in [2.05, 4.69) is 5.10 Å². The highest BCUT2D eigenvalue weighted by Crippen LogP contribution is 2.36. The van der Waals surface area contributed by atoms with E-state index in [0.29, 0.717) is 10.8 Å². The molecule has 4 aromatic rings. The molecule has 160 valence electrons. The molecule has 0 aliphatic carbocycles. The van der Waals surface area contributed by atoms with Gasteiger partial charge in [-0.2, -0.15) is 5.10 Å². The molecule has 0 aliphatic rings. The molecule has 4 rings (SSSR count). The molecule has 0 N–H and O–H groups in total. The van der Waals surface area contributed by atoms with Crippen LogP contribution in [-0.2, 0) is 36.0 Å². The van der Waals surface area contributed by atoms with E-state index in [-0.39, 0.29) is 19.0 Å². The molecule has 0 unspecified atom stereocenters. The van der Waals surface area contributed by atoms with Crippen molar-refractivity contribution in [3.05, 3.63) is 63.8 Å². The number of hydrogen-bond acceptors (Lipinski definition) is 6. The molecular weight excluding hydrogens is 434 g/mol.